The molecule has 1 aliphatic heterocycles. The van der Waals surface area contributed by atoms with Crippen molar-refractivity contribution in [2.45, 2.75) is 63.4 Å². The van der Waals surface area contributed by atoms with Gasteiger partial charge < -0.3 is 20.6 Å². The number of hydrogen-bond acceptors (Lipinski definition) is 7. The third-order valence-electron chi connectivity index (χ3n) is 6.28. The van der Waals surface area contributed by atoms with E-state index >= 15 is 0 Å². The smallest absolute Gasteiger partial charge is 0.391 e. The van der Waals surface area contributed by atoms with Crippen LogP contribution in [0.2, 0.25) is 0 Å². The lowest BCUT2D eigenvalue weighted by molar-refractivity contribution is -0.115. The largest absolute Gasteiger partial charge is 0.405 e. The molecule has 3 N–H and O–H groups in total. The predicted molar refractivity (Wildman–Crippen MR) is 121 cm³/mol. The molecule has 2 aromatic heterocycles. The van der Waals surface area contributed by atoms with E-state index in [2.05, 4.69) is 15.3 Å². The molecular weight excluding hydrogens is 509 g/mol. The van der Waals surface area contributed by atoms with Gasteiger partial charge in [-0.25, -0.2) is 18.7 Å². The summed E-state index contributed by atoms with van der Waals surface area (Å²) in [6.07, 6.45) is -4.83. The Morgan fingerprint density at radius 1 is 1.28 bits per heavy atom. The van der Waals surface area contributed by atoms with Crippen LogP contribution in [-0.4, -0.2) is 69.2 Å². The number of hydrogen-bond donors (Lipinski definition) is 3. The quantitative estimate of drug-likeness (QED) is 0.465. The number of aliphatic hydroxyl groups excluding tert-OH is 1. The number of thiazole rings is 1. The maximum atomic E-state index is 14.0. The molecule has 196 valence electrons. The number of alkyl halides is 5. The Morgan fingerprint density at radius 3 is 2.58 bits per heavy atom. The van der Waals surface area contributed by atoms with Crippen LogP contribution < -0.4 is 10.6 Å². The first-order chi connectivity index (χ1) is 16.9. The van der Waals surface area contributed by atoms with Gasteiger partial charge >= 0.3 is 6.18 Å². The molecule has 0 bridgehead atoms. The van der Waals surface area contributed by atoms with Crippen molar-refractivity contribution in [1.82, 2.24) is 20.2 Å². The summed E-state index contributed by atoms with van der Waals surface area (Å²) < 4.78 is 65.6. The average molecular weight is 534 g/mol. The fourth-order valence-corrected chi connectivity index (χ4v) is 5.12. The van der Waals surface area contributed by atoms with Crippen LogP contribution in [0, 0.1) is 0 Å². The van der Waals surface area contributed by atoms with Crippen LogP contribution in [0.5, 0.6) is 0 Å². The minimum absolute atomic E-state index is 0.0245. The maximum absolute atomic E-state index is 14.0. The van der Waals surface area contributed by atoms with Gasteiger partial charge in [0.05, 0.1) is 17.0 Å². The van der Waals surface area contributed by atoms with E-state index in [1.54, 1.807) is 4.90 Å². The summed E-state index contributed by atoms with van der Waals surface area (Å²) in [4.78, 5) is 35.7. The van der Waals surface area contributed by atoms with Gasteiger partial charge in [-0.3, -0.25) is 9.59 Å². The Balaban J connectivity index is 1.73. The number of nitrogens with one attached hydrogen (secondary N) is 2. The van der Waals surface area contributed by atoms with Gasteiger partial charge in [0.25, 0.3) is 18.2 Å². The molecule has 3 heterocycles. The number of pyridine rings is 1. The van der Waals surface area contributed by atoms with E-state index in [1.807, 2.05) is 12.2 Å². The van der Waals surface area contributed by atoms with Gasteiger partial charge in [-0.2, -0.15) is 13.2 Å². The van der Waals surface area contributed by atoms with E-state index < -0.39 is 54.5 Å². The summed E-state index contributed by atoms with van der Waals surface area (Å²) in [6.45, 7) is 0.819. The van der Waals surface area contributed by atoms with E-state index in [4.69, 9.17) is 0 Å². The first kappa shape index (κ1) is 26.2. The number of carbonyl (C=O) groups is 2. The number of halogens is 5. The van der Waals surface area contributed by atoms with E-state index in [-0.39, 0.29) is 27.2 Å². The summed E-state index contributed by atoms with van der Waals surface area (Å²) in [6, 6.07) is 0.207. The van der Waals surface area contributed by atoms with E-state index in [0.29, 0.717) is 30.7 Å². The Kier molecular flexibility index (Phi) is 7.46. The molecule has 2 fully saturated rings. The monoisotopic (exact) mass is 533 g/mol. The Hall–Kier alpha value is -2.87. The Morgan fingerprint density at radius 2 is 2.03 bits per heavy atom. The fraction of sp³-hybridized carbons (Fsp3) is 0.545. The van der Waals surface area contributed by atoms with Gasteiger partial charge in [-0.15, -0.1) is 11.3 Å². The van der Waals surface area contributed by atoms with Gasteiger partial charge in [-0.05, 0) is 38.7 Å². The molecule has 0 aromatic carbocycles. The van der Waals surface area contributed by atoms with Crippen molar-refractivity contribution < 1.29 is 36.6 Å². The summed E-state index contributed by atoms with van der Waals surface area (Å²) in [5, 5.41) is 14.2. The van der Waals surface area contributed by atoms with Crippen LogP contribution in [0.1, 0.15) is 64.9 Å². The van der Waals surface area contributed by atoms with Gasteiger partial charge in [-0.1, -0.05) is 0 Å². The zero-order chi connectivity index (χ0) is 26.2. The Bertz CT molecular complexity index is 1140. The van der Waals surface area contributed by atoms with E-state index in [1.165, 1.54) is 0 Å². The molecule has 2 aromatic rings. The number of aliphatic hydroxyl groups is 1. The number of anilines is 1. The first-order valence-electron chi connectivity index (χ1n) is 11.3. The topological polar surface area (TPSA) is 107 Å². The lowest BCUT2D eigenvalue weighted by atomic mass is 9.89. The highest BCUT2D eigenvalue weighted by Gasteiger charge is 2.35. The van der Waals surface area contributed by atoms with Crippen LogP contribution in [0.3, 0.4) is 0 Å². The van der Waals surface area contributed by atoms with Crippen LogP contribution in [0.15, 0.2) is 12.3 Å². The molecule has 2 aliphatic rings. The highest BCUT2D eigenvalue weighted by atomic mass is 32.1. The molecule has 1 saturated carbocycles. The average Bonchev–Trinajstić information content (AvgIpc) is 3.45. The number of aromatic nitrogens is 2. The standard InChI is InChI=1S/C22H24F5N5O3S/c1-10-3-2-6-32(10)21(35)16-17(36-20(31-16)19(34)30-13-4-5-14(13)33)12-8-28-15(7-11(12)18(23)24)29-9-22(25,26)27/h7-8,10,13-14,18,33H,2-6,9H2,1H3,(H,28,29)(H,30,34). The number of likely N-dealkylation sites (tertiary alicyclic amines) is 1. The predicted octanol–water partition coefficient (Wildman–Crippen LogP) is 3.99. The Labute approximate surface area is 206 Å². The number of rotatable bonds is 7. The van der Waals surface area contributed by atoms with Gasteiger partial charge in [0.15, 0.2) is 5.01 Å². The van der Waals surface area contributed by atoms with Crippen LogP contribution >= 0.6 is 11.3 Å². The third-order valence-corrected chi connectivity index (χ3v) is 7.37. The molecule has 14 heteroatoms. The SMILES string of the molecule is CC1CCCN1C(=O)c1nc(C(=O)NC2CCC2O)sc1-c1cnc(NCC(F)(F)F)cc1C(F)F. The van der Waals surface area contributed by atoms with Crippen molar-refractivity contribution in [1.29, 1.82) is 0 Å². The minimum Gasteiger partial charge on any atom is -0.391 e. The summed E-state index contributed by atoms with van der Waals surface area (Å²) in [7, 11) is 0. The molecular formula is C22H24F5N5O3S. The van der Waals surface area contributed by atoms with E-state index in [9.17, 15) is 36.6 Å². The molecule has 36 heavy (non-hydrogen) atoms. The van der Waals surface area contributed by atoms with Gasteiger partial charge in [0, 0.05) is 29.9 Å². The van der Waals surface area contributed by atoms with Crippen LogP contribution in [0.25, 0.3) is 10.4 Å². The zero-order valence-electron chi connectivity index (χ0n) is 19.1. The fourth-order valence-electron chi connectivity index (χ4n) is 4.13. The van der Waals surface area contributed by atoms with Crippen LogP contribution in [0.4, 0.5) is 27.8 Å². The molecule has 0 radical (unpaired) electrons. The second-order valence-corrected chi connectivity index (χ2v) is 9.84. The van der Waals surface area contributed by atoms with Crippen molar-refractivity contribution >= 4 is 29.0 Å². The van der Waals surface area contributed by atoms with Crippen molar-refractivity contribution in [3.63, 3.8) is 0 Å². The van der Waals surface area contributed by atoms with Crippen molar-refractivity contribution in [2.24, 2.45) is 0 Å². The van der Waals surface area contributed by atoms with Gasteiger partial charge in [0.2, 0.25) is 0 Å². The molecule has 0 spiro atoms. The molecule has 3 unspecified atom stereocenters. The second-order valence-electron chi connectivity index (χ2n) is 8.84. The summed E-state index contributed by atoms with van der Waals surface area (Å²) in [5.41, 5.74) is -1.05. The van der Waals surface area contributed by atoms with Crippen molar-refractivity contribution in [2.75, 3.05) is 18.4 Å². The molecule has 8 nitrogen and oxygen atoms in total. The first-order valence-corrected chi connectivity index (χ1v) is 12.2. The number of nitrogens with zero attached hydrogens (tertiary/aromatic N) is 3. The lowest BCUT2D eigenvalue weighted by Crippen LogP contribution is -2.50. The van der Waals surface area contributed by atoms with Crippen molar-refractivity contribution in [3.05, 3.63) is 28.5 Å². The van der Waals surface area contributed by atoms with Crippen LogP contribution in [-0.2, 0) is 0 Å². The molecule has 1 aliphatic carbocycles. The summed E-state index contributed by atoms with van der Waals surface area (Å²) in [5.74, 6) is -1.60. The number of carbonyl (C=O) groups excluding carboxylic acids is 2. The number of amides is 2. The highest BCUT2D eigenvalue weighted by molar-refractivity contribution is 7.17. The molecule has 2 amide bonds. The normalized spacial score (nSPS) is 22.0. The molecule has 1 saturated heterocycles. The third kappa shape index (κ3) is 5.59. The highest BCUT2D eigenvalue weighted by Crippen LogP contribution is 2.39. The zero-order valence-corrected chi connectivity index (χ0v) is 19.9. The summed E-state index contributed by atoms with van der Waals surface area (Å²) >= 11 is 0.716. The lowest BCUT2D eigenvalue weighted by Gasteiger charge is -2.32. The van der Waals surface area contributed by atoms with E-state index in [0.717, 1.165) is 25.1 Å². The molecule has 4 rings (SSSR count). The van der Waals surface area contributed by atoms with Crippen molar-refractivity contribution in [3.8, 4) is 10.4 Å². The minimum atomic E-state index is -4.58. The molecule has 3 atom stereocenters. The maximum Gasteiger partial charge on any atom is 0.405 e. The second kappa shape index (κ2) is 10.2. The van der Waals surface area contributed by atoms with Gasteiger partial charge in [0.1, 0.15) is 18.1 Å².